The van der Waals surface area contributed by atoms with Gasteiger partial charge in [0.1, 0.15) is 0 Å². The number of hydrogen-bond donors (Lipinski definition) is 3. The lowest BCUT2D eigenvalue weighted by Gasteiger charge is -2.09. The molecule has 0 amide bonds. The maximum Gasteiger partial charge on any atom is 0.240 e. The molecule has 0 aliphatic carbocycles. The first-order chi connectivity index (χ1) is 8.13. The number of hydrogen-bond acceptors (Lipinski definition) is 5. The second kappa shape index (κ2) is 5.33. The number of primary sulfonamides is 1. The Labute approximate surface area is 106 Å². The molecule has 0 radical (unpaired) electrons. The molecule has 1 aromatic rings. The minimum absolute atomic E-state index is 0.165. The van der Waals surface area contributed by atoms with Crippen LogP contribution in [0.5, 0.6) is 0 Å². The molecule has 0 spiro atoms. The van der Waals surface area contributed by atoms with Crippen molar-refractivity contribution in [3.8, 4) is 0 Å². The van der Waals surface area contributed by atoms with Crippen molar-refractivity contribution in [1.82, 2.24) is 4.72 Å². The Morgan fingerprint density at radius 2 is 1.83 bits per heavy atom. The van der Waals surface area contributed by atoms with Gasteiger partial charge in [-0.3, -0.25) is 0 Å². The highest BCUT2D eigenvalue weighted by molar-refractivity contribution is 7.90. The van der Waals surface area contributed by atoms with Gasteiger partial charge >= 0.3 is 0 Å². The summed E-state index contributed by atoms with van der Waals surface area (Å²) in [6, 6.07) is 4.67. The average Bonchev–Trinajstić information content (AvgIpc) is 2.26. The largest absolute Gasteiger partial charge is 0.392 e. The van der Waals surface area contributed by atoms with Crippen LogP contribution in [-0.4, -0.2) is 34.6 Å². The molecule has 0 aliphatic rings. The average molecular weight is 294 g/mol. The number of sulfonamides is 2. The third kappa shape index (κ3) is 4.03. The normalized spacial score (nSPS) is 14.4. The summed E-state index contributed by atoms with van der Waals surface area (Å²) in [6.45, 7) is 1.26. The lowest BCUT2D eigenvalue weighted by atomic mass is 10.4. The van der Waals surface area contributed by atoms with Gasteiger partial charge < -0.3 is 5.11 Å². The molecule has 9 heteroatoms. The highest BCUT2D eigenvalue weighted by atomic mass is 32.2. The van der Waals surface area contributed by atoms with Crippen LogP contribution in [0.1, 0.15) is 6.92 Å². The van der Waals surface area contributed by atoms with Gasteiger partial charge in [-0.15, -0.1) is 0 Å². The van der Waals surface area contributed by atoms with E-state index in [-0.39, 0.29) is 16.3 Å². The van der Waals surface area contributed by atoms with Gasteiger partial charge in [0.2, 0.25) is 20.0 Å². The van der Waals surface area contributed by atoms with Gasteiger partial charge in [-0.2, -0.15) is 0 Å². The topological polar surface area (TPSA) is 127 Å². The molecule has 1 rings (SSSR count). The minimum Gasteiger partial charge on any atom is -0.392 e. The summed E-state index contributed by atoms with van der Waals surface area (Å²) in [7, 11) is -7.83. The molecule has 0 heterocycles. The van der Waals surface area contributed by atoms with Crippen molar-refractivity contribution in [3.63, 3.8) is 0 Å². The Kier molecular flexibility index (Phi) is 4.46. The Morgan fingerprint density at radius 1 is 1.28 bits per heavy atom. The zero-order chi connectivity index (χ0) is 14.0. The van der Waals surface area contributed by atoms with Crippen LogP contribution in [0.4, 0.5) is 0 Å². The molecule has 0 unspecified atom stereocenters. The van der Waals surface area contributed by atoms with Crippen LogP contribution in [-0.2, 0) is 20.0 Å². The fourth-order valence-electron chi connectivity index (χ4n) is 1.13. The fourth-order valence-corrected chi connectivity index (χ4v) is 2.93. The predicted octanol–water partition coefficient (Wildman–Crippen LogP) is -1.01. The standard InChI is InChI=1S/C9H14N2O5S2/c1-7(12)6-11-18(15,16)9-4-2-3-8(5-9)17(10,13)14/h2-5,7,11-12H,6H2,1H3,(H2,10,13,14)/t7-/m1/s1. The van der Waals surface area contributed by atoms with E-state index < -0.39 is 26.2 Å². The van der Waals surface area contributed by atoms with Gasteiger partial charge in [0.15, 0.2) is 0 Å². The second-order valence-electron chi connectivity index (χ2n) is 3.72. The van der Waals surface area contributed by atoms with Crippen molar-refractivity contribution in [1.29, 1.82) is 0 Å². The maximum absolute atomic E-state index is 11.8. The maximum atomic E-state index is 11.8. The van der Waals surface area contributed by atoms with Crippen LogP contribution in [0.3, 0.4) is 0 Å². The van der Waals surface area contributed by atoms with E-state index in [9.17, 15) is 16.8 Å². The smallest absolute Gasteiger partial charge is 0.240 e. The number of benzene rings is 1. The Morgan fingerprint density at radius 3 is 2.33 bits per heavy atom. The van der Waals surface area contributed by atoms with Crippen LogP contribution < -0.4 is 9.86 Å². The number of nitrogens with one attached hydrogen (secondary N) is 1. The lowest BCUT2D eigenvalue weighted by molar-refractivity contribution is 0.198. The highest BCUT2D eigenvalue weighted by Gasteiger charge is 2.17. The van der Waals surface area contributed by atoms with Gasteiger partial charge in [-0.1, -0.05) is 6.07 Å². The predicted molar refractivity (Wildman–Crippen MR) is 64.7 cm³/mol. The van der Waals surface area contributed by atoms with Crippen LogP contribution >= 0.6 is 0 Å². The summed E-state index contributed by atoms with van der Waals surface area (Å²) in [5, 5.41) is 13.9. The van der Waals surface area contributed by atoms with E-state index in [1.165, 1.54) is 25.1 Å². The summed E-state index contributed by atoms with van der Waals surface area (Å²) in [4.78, 5) is -0.517. The first-order valence-corrected chi connectivity index (χ1v) is 7.96. The van der Waals surface area contributed by atoms with Gasteiger partial charge in [-0.25, -0.2) is 26.7 Å². The number of aliphatic hydroxyl groups excluding tert-OH is 1. The molecule has 0 aromatic heterocycles. The SMILES string of the molecule is C[C@@H](O)CNS(=O)(=O)c1cccc(S(N)(=O)=O)c1. The van der Waals surface area contributed by atoms with E-state index in [2.05, 4.69) is 4.72 Å². The minimum atomic E-state index is -3.96. The van der Waals surface area contributed by atoms with Crippen LogP contribution in [0.25, 0.3) is 0 Å². The van der Waals surface area contributed by atoms with E-state index in [1.807, 2.05) is 0 Å². The van der Waals surface area contributed by atoms with E-state index >= 15 is 0 Å². The van der Waals surface area contributed by atoms with Gasteiger partial charge in [0.05, 0.1) is 15.9 Å². The van der Waals surface area contributed by atoms with Crippen molar-refractivity contribution in [2.75, 3.05) is 6.54 Å². The van der Waals surface area contributed by atoms with Gasteiger partial charge in [-0.05, 0) is 25.1 Å². The van der Waals surface area contributed by atoms with E-state index in [4.69, 9.17) is 10.2 Å². The summed E-state index contributed by atoms with van der Waals surface area (Å²) < 4.78 is 47.9. The van der Waals surface area contributed by atoms with Crippen molar-refractivity contribution < 1.29 is 21.9 Å². The zero-order valence-electron chi connectivity index (χ0n) is 9.57. The molecule has 0 bridgehead atoms. The van der Waals surface area contributed by atoms with Crippen molar-refractivity contribution in [2.24, 2.45) is 5.14 Å². The molecule has 0 saturated heterocycles. The number of nitrogens with two attached hydrogens (primary N) is 1. The van der Waals surface area contributed by atoms with Crippen LogP contribution in [0.2, 0.25) is 0 Å². The molecular weight excluding hydrogens is 280 g/mol. The van der Waals surface area contributed by atoms with E-state index in [0.29, 0.717) is 0 Å². The van der Waals surface area contributed by atoms with E-state index in [1.54, 1.807) is 0 Å². The van der Waals surface area contributed by atoms with Gasteiger partial charge in [0, 0.05) is 6.54 Å². The molecule has 7 nitrogen and oxygen atoms in total. The summed E-state index contributed by atoms with van der Waals surface area (Å²) in [5.74, 6) is 0. The molecule has 1 atom stereocenters. The van der Waals surface area contributed by atoms with Crippen LogP contribution in [0.15, 0.2) is 34.1 Å². The highest BCUT2D eigenvalue weighted by Crippen LogP contribution is 2.14. The molecule has 4 N–H and O–H groups in total. The van der Waals surface area contributed by atoms with Crippen molar-refractivity contribution >= 4 is 20.0 Å². The first-order valence-electron chi connectivity index (χ1n) is 4.93. The number of rotatable bonds is 5. The summed E-state index contributed by atoms with van der Waals surface area (Å²) >= 11 is 0. The Hall–Kier alpha value is -1.00. The summed E-state index contributed by atoms with van der Waals surface area (Å²) in [6.07, 6.45) is -0.846. The molecular formula is C9H14N2O5S2. The second-order valence-corrected chi connectivity index (χ2v) is 7.05. The third-order valence-electron chi connectivity index (χ3n) is 2.01. The van der Waals surface area contributed by atoms with Gasteiger partial charge in [0.25, 0.3) is 0 Å². The summed E-state index contributed by atoms with van der Waals surface area (Å²) in [5.41, 5.74) is 0. The van der Waals surface area contributed by atoms with E-state index in [0.717, 1.165) is 6.07 Å². The fraction of sp³-hybridized carbons (Fsp3) is 0.333. The zero-order valence-corrected chi connectivity index (χ0v) is 11.2. The molecule has 0 aliphatic heterocycles. The van der Waals surface area contributed by atoms with Crippen molar-refractivity contribution in [3.05, 3.63) is 24.3 Å². The molecule has 102 valence electrons. The van der Waals surface area contributed by atoms with Crippen LogP contribution in [0, 0.1) is 0 Å². The third-order valence-corrected chi connectivity index (χ3v) is 4.35. The molecule has 0 saturated carbocycles. The Balaban J connectivity index is 3.11. The van der Waals surface area contributed by atoms with Crippen molar-refractivity contribution in [2.45, 2.75) is 22.8 Å². The first kappa shape index (κ1) is 15.1. The lowest BCUT2D eigenvalue weighted by Crippen LogP contribution is -2.30. The molecule has 1 aromatic carbocycles. The quantitative estimate of drug-likeness (QED) is 0.641. The Bertz CT molecular complexity index is 622. The molecule has 18 heavy (non-hydrogen) atoms. The molecule has 0 fully saturated rings. The monoisotopic (exact) mass is 294 g/mol. The number of aliphatic hydroxyl groups is 1.